The standard InChI is InChI=1S/C24H43NO3S/c1-4-5-6-7-8-9-10-11-12-16-19-25(20-21-29(26,27)28)24(22(2)3)23-17-14-13-15-18-23/h13-15,17-18,22,24H,4-12,16,19-21H2,1-3H3,(H,26,27,28). The van der Waals surface area contributed by atoms with Crippen LogP contribution in [0.5, 0.6) is 0 Å². The largest absolute Gasteiger partial charge is 0.295 e. The summed E-state index contributed by atoms with van der Waals surface area (Å²) < 4.78 is 31.9. The summed E-state index contributed by atoms with van der Waals surface area (Å²) in [7, 11) is -3.95. The van der Waals surface area contributed by atoms with E-state index in [4.69, 9.17) is 0 Å². The van der Waals surface area contributed by atoms with Crippen LogP contribution in [0.25, 0.3) is 0 Å². The molecule has 0 heterocycles. The van der Waals surface area contributed by atoms with Crippen molar-refractivity contribution < 1.29 is 13.0 Å². The summed E-state index contributed by atoms with van der Waals surface area (Å²) in [5.41, 5.74) is 1.21. The number of hydrogen-bond acceptors (Lipinski definition) is 3. The van der Waals surface area contributed by atoms with Crippen molar-refractivity contribution in [3.05, 3.63) is 35.9 Å². The van der Waals surface area contributed by atoms with Gasteiger partial charge in [0.15, 0.2) is 0 Å². The average Bonchev–Trinajstić information content (AvgIpc) is 2.67. The first-order chi connectivity index (χ1) is 13.8. The molecule has 0 aliphatic carbocycles. The van der Waals surface area contributed by atoms with Crippen molar-refractivity contribution in [3.63, 3.8) is 0 Å². The second-order valence-corrected chi connectivity index (χ2v) is 10.2. The Kier molecular flexibility index (Phi) is 13.5. The Morgan fingerprint density at radius 1 is 0.828 bits per heavy atom. The second kappa shape index (κ2) is 15.0. The summed E-state index contributed by atoms with van der Waals surface area (Å²) in [5, 5.41) is 0. The second-order valence-electron chi connectivity index (χ2n) is 8.60. The van der Waals surface area contributed by atoms with Crippen LogP contribution in [-0.2, 0) is 10.1 Å². The van der Waals surface area contributed by atoms with Crippen LogP contribution < -0.4 is 0 Å². The van der Waals surface area contributed by atoms with Gasteiger partial charge in [-0.15, -0.1) is 0 Å². The van der Waals surface area contributed by atoms with Gasteiger partial charge in [-0.3, -0.25) is 9.45 Å². The molecule has 1 rings (SSSR count). The van der Waals surface area contributed by atoms with Gasteiger partial charge in [-0.2, -0.15) is 8.42 Å². The Morgan fingerprint density at radius 3 is 1.83 bits per heavy atom. The van der Waals surface area contributed by atoms with E-state index < -0.39 is 10.1 Å². The minimum absolute atomic E-state index is 0.163. The molecule has 1 aromatic carbocycles. The van der Waals surface area contributed by atoms with Crippen LogP contribution in [0, 0.1) is 5.92 Å². The van der Waals surface area contributed by atoms with E-state index in [1.165, 1.54) is 63.4 Å². The lowest BCUT2D eigenvalue weighted by molar-refractivity contribution is 0.160. The van der Waals surface area contributed by atoms with Crippen LogP contribution in [0.15, 0.2) is 30.3 Å². The summed E-state index contributed by atoms with van der Waals surface area (Å²) in [6.45, 7) is 7.84. The van der Waals surface area contributed by atoms with Crippen LogP contribution in [0.3, 0.4) is 0 Å². The molecule has 0 bridgehead atoms. The zero-order valence-corrected chi connectivity index (χ0v) is 19.7. The maximum Gasteiger partial charge on any atom is 0.266 e. The molecule has 1 N–H and O–H groups in total. The molecule has 0 fully saturated rings. The number of rotatable bonds is 17. The normalized spacial score (nSPS) is 13.3. The molecule has 29 heavy (non-hydrogen) atoms. The van der Waals surface area contributed by atoms with Gasteiger partial charge in [0.05, 0.1) is 5.75 Å². The monoisotopic (exact) mass is 425 g/mol. The molecule has 0 aromatic heterocycles. The summed E-state index contributed by atoms with van der Waals surface area (Å²) in [4.78, 5) is 2.25. The third-order valence-electron chi connectivity index (χ3n) is 5.60. The average molecular weight is 426 g/mol. The van der Waals surface area contributed by atoms with E-state index in [0.717, 1.165) is 13.0 Å². The van der Waals surface area contributed by atoms with Crippen molar-refractivity contribution >= 4 is 10.1 Å². The van der Waals surface area contributed by atoms with E-state index in [0.29, 0.717) is 12.5 Å². The quantitative estimate of drug-likeness (QED) is 0.229. The molecule has 1 atom stereocenters. The molecule has 0 amide bonds. The molecule has 0 spiro atoms. The van der Waals surface area contributed by atoms with Crippen molar-refractivity contribution in [3.8, 4) is 0 Å². The molecule has 1 unspecified atom stereocenters. The van der Waals surface area contributed by atoms with Crippen molar-refractivity contribution in [2.24, 2.45) is 5.92 Å². The fraction of sp³-hybridized carbons (Fsp3) is 0.750. The third-order valence-corrected chi connectivity index (χ3v) is 6.30. The van der Waals surface area contributed by atoms with Crippen LogP contribution in [-0.4, -0.2) is 36.7 Å². The Labute approximate surface area is 179 Å². The summed E-state index contributed by atoms with van der Waals surface area (Å²) in [6, 6.07) is 10.5. The molecule has 168 valence electrons. The van der Waals surface area contributed by atoms with Gasteiger partial charge < -0.3 is 0 Å². The molecular formula is C24H43NO3S. The van der Waals surface area contributed by atoms with E-state index in [9.17, 15) is 13.0 Å². The highest BCUT2D eigenvalue weighted by molar-refractivity contribution is 7.85. The lowest BCUT2D eigenvalue weighted by atomic mass is 9.94. The smallest absolute Gasteiger partial charge is 0.266 e. The zero-order valence-electron chi connectivity index (χ0n) is 18.9. The van der Waals surface area contributed by atoms with Crippen LogP contribution in [0.2, 0.25) is 0 Å². The molecule has 4 nitrogen and oxygen atoms in total. The van der Waals surface area contributed by atoms with Crippen LogP contribution >= 0.6 is 0 Å². The predicted molar refractivity (Wildman–Crippen MR) is 124 cm³/mol. The third kappa shape index (κ3) is 12.4. The molecule has 0 saturated heterocycles. The summed E-state index contributed by atoms with van der Waals surface area (Å²) >= 11 is 0. The number of unbranched alkanes of at least 4 members (excludes halogenated alkanes) is 9. The van der Waals surface area contributed by atoms with Gasteiger partial charge in [0.25, 0.3) is 10.1 Å². The minimum Gasteiger partial charge on any atom is -0.295 e. The maximum atomic E-state index is 11.3. The van der Waals surface area contributed by atoms with E-state index in [1.54, 1.807) is 0 Å². The highest BCUT2D eigenvalue weighted by Gasteiger charge is 2.24. The zero-order chi connectivity index (χ0) is 21.5. The van der Waals surface area contributed by atoms with Gasteiger partial charge in [0.1, 0.15) is 0 Å². The molecule has 0 aliphatic rings. The molecule has 1 aromatic rings. The fourth-order valence-corrected chi connectivity index (χ4v) is 4.56. The number of nitrogens with zero attached hydrogens (tertiary/aromatic N) is 1. The minimum atomic E-state index is -3.95. The van der Waals surface area contributed by atoms with Gasteiger partial charge >= 0.3 is 0 Å². The van der Waals surface area contributed by atoms with Gasteiger partial charge in [-0.1, -0.05) is 109 Å². The van der Waals surface area contributed by atoms with E-state index in [-0.39, 0.29) is 11.8 Å². The molecular weight excluding hydrogens is 382 g/mol. The van der Waals surface area contributed by atoms with Gasteiger partial charge in [0, 0.05) is 12.6 Å². The van der Waals surface area contributed by atoms with Crippen molar-refractivity contribution in [2.45, 2.75) is 91.0 Å². The molecule has 5 heteroatoms. The van der Waals surface area contributed by atoms with E-state index >= 15 is 0 Å². The lowest BCUT2D eigenvalue weighted by Gasteiger charge is -2.35. The SMILES string of the molecule is CCCCCCCCCCCCN(CCS(=O)(=O)O)C(c1ccccc1)C(C)C. The van der Waals surface area contributed by atoms with Gasteiger partial charge in [-0.25, -0.2) is 0 Å². The van der Waals surface area contributed by atoms with Crippen LogP contribution in [0.1, 0.15) is 96.6 Å². The number of benzene rings is 1. The van der Waals surface area contributed by atoms with Crippen molar-refractivity contribution in [2.75, 3.05) is 18.8 Å². The first kappa shape index (κ1) is 26.1. The Morgan fingerprint density at radius 2 is 1.34 bits per heavy atom. The number of hydrogen-bond donors (Lipinski definition) is 1. The van der Waals surface area contributed by atoms with Crippen molar-refractivity contribution in [1.29, 1.82) is 0 Å². The highest BCUT2D eigenvalue weighted by Crippen LogP contribution is 2.29. The lowest BCUT2D eigenvalue weighted by Crippen LogP contribution is -2.36. The van der Waals surface area contributed by atoms with E-state index in [1.807, 2.05) is 18.2 Å². The van der Waals surface area contributed by atoms with Gasteiger partial charge in [0.2, 0.25) is 0 Å². The van der Waals surface area contributed by atoms with Crippen LogP contribution in [0.4, 0.5) is 0 Å². The maximum absolute atomic E-state index is 11.3. The Balaban J connectivity index is 2.51. The summed E-state index contributed by atoms with van der Waals surface area (Å²) in [6.07, 6.45) is 12.9. The fourth-order valence-electron chi connectivity index (χ4n) is 4.09. The topological polar surface area (TPSA) is 57.6 Å². The molecule has 0 saturated carbocycles. The first-order valence-electron chi connectivity index (χ1n) is 11.6. The predicted octanol–water partition coefficient (Wildman–Crippen LogP) is 6.49. The Hall–Kier alpha value is -0.910. The molecule has 0 aliphatic heterocycles. The molecule has 0 radical (unpaired) electrons. The summed E-state index contributed by atoms with van der Waals surface area (Å²) in [5.74, 6) is 0.155. The van der Waals surface area contributed by atoms with Gasteiger partial charge in [-0.05, 0) is 24.4 Å². The van der Waals surface area contributed by atoms with E-state index in [2.05, 4.69) is 37.8 Å². The highest BCUT2D eigenvalue weighted by atomic mass is 32.2. The Bertz CT molecular complexity index is 616. The first-order valence-corrected chi connectivity index (χ1v) is 13.2. The van der Waals surface area contributed by atoms with Crippen molar-refractivity contribution in [1.82, 2.24) is 4.90 Å².